The SMILES string of the molecule is O=C(COc1ccc(Cl)cc1S(=O)(=O)N1CCCC1)Nc1c(F)cccc1F. The highest BCUT2D eigenvalue weighted by Crippen LogP contribution is 2.31. The van der Waals surface area contributed by atoms with Crippen LogP contribution in [0.2, 0.25) is 5.02 Å². The van der Waals surface area contributed by atoms with Gasteiger partial charge >= 0.3 is 0 Å². The Morgan fingerprint density at radius 2 is 1.79 bits per heavy atom. The topological polar surface area (TPSA) is 75.7 Å². The van der Waals surface area contributed by atoms with E-state index in [1.165, 1.54) is 28.6 Å². The normalized spacial score (nSPS) is 14.8. The fourth-order valence-electron chi connectivity index (χ4n) is 2.81. The van der Waals surface area contributed by atoms with Gasteiger partial charge in [0.1, 0.15) is 28.0 Å². The van der Waals surface area contributed by atoms with Crippen molar-refractivity contribution >= 4 is 33.2 Å². The molecule has 1 fully saturated rings. The van der Waals surface area contributed by atoms with Gasteiger partial charge in [-0.1, -0.05) is 17.7 Å². The van der Waals surface area contributed by atoms with Crippen molar-refractivity contribution in [3.05, 3.63) is 53.1 Å². The smallest absolute Gasteiger partial charge is 0.262 e. The lowest BCUT2D eigenvalue weighted by Crippen LogP contribution is -2.29. The van der Waals surface area contributed by atoms with Crippen molar-refractivity contribution in [3.8, 4) is 5.75 Å². The highest BCUT2D eigenvalue weighted by molar-refractivity contribution is 7.89. The molecule has 0 saturated carbocycles. The van der Waals surface area contributed by atoms with E-state index in [1.54, 1.807) is 0 Å². The summed E-state index contributed by atoms with van der Waals surface area (Å²) in [4.78, 5) is 11.9. The standard InChI is InChI=1S/C18H17ClF2N2O4S/c19-12-6-7-15(16(10-12)28(25,26)23-8-1-2-9-23)27-11-17(24)22-18-13(20)4-3-5-14(18)21/h3-7,10H,1-2,8-9,11H2,(H,22,24). The Morgan fingerprint density at radius 1 is 1.14 bits per heavy atom. The summed E-state index contributed by atoms with van der Waals surface area (Å²) in [5.41, 5.74) is -0.600. The monoisotopic (exact) mass is 430 g/mol. The number of benzene rings is 2. The average Bonchev–Trinajstić information content (AvgIpc) is 3.19. The van der Waals surface area contributed by atoms with Crippen molar-refractivity contribution in [2.24, 2.45) is 0 Å². The molecule has 10 heteroatoms. The average molecular weight is 431 g/mol. The van der Waals surface area contributed by atoms with Crippen LogP contribution < -0.4 is 10.1 Å². The van der Waals surface area contributed by atoms with Gasteiger partial charge in [-0.2, -0.15) is 4.31 Å². The van der Waals surface area contributed by atoms with E-state index in [-0.39, 0.29) is 15.7 Å². The number of halogens is 3. The molecule has 1 heterocycles. The lowest BCUT2D eigenvalue weighted by atomic mass is 10.3. The summed E-state index contributed by atoms with van der Waals surface area (Å²) >= 11 is 5.93. The maximum Gasteiger partial charge on any atom is 0.262 e. The number of nitrogens with one attached hydrogen (secondary N) is 1. The Bertz CT molecular complexity index is 975. The molecule has 150 valence electrons. The van der Waals surface area contributed by atoms with Crippen LogP contribution in [0.25, 0.3) is 0 Å². The first-order valence-corrected chi connectivity index (χ1v) is 10.3. The van der Waals surface area contributed by atoms with Crippen LogP contribution in [0, 0.1) is 11.6 Å². The van der Waals surface area contributed by atoms with Crippen molar-refractivity contribution in [1.29, 1.82) is 0 Å². The molecule has 0 spiro atoms. The van der Waals surface area contributed by atoms with Crippen LogP contribution in [0.4, 0.5) is 14.5 Å². The molecular weight excluding hydrogens is 414 g/mol. The van der Waals surface area contributed by atoms with Gasteiger partial charge in [-0.15, -0.1) is 0 Å². The van der Waals surface area contributed by atoms with Gasteiger partial charge in [0.25, 0.3) is 5.91 Å². The van der Waals surface area contributed by atoms with E-state index in [0.29, 0.717) is 13.1 Å². The first-order valence-electron chi connectivity index (χ1n) is 8.45. The molecule has 2 aromatic carbocycles. The molecule has 1 aliphatic heterocycles. The predicted molar refractivity (Wildman–Crippen MR) is 99.9 cm³/mol. The molecule has 2 aromatic rings. The van der Waals surface area contributed by atoms with E-state index in [4.69, 9.17) is 16.3 Å². The van der Waals surface area contributed by atoms with Gasteiger partial charge in [-0.3, -0.25) is 4.79 Å². The van der Waals surface area contributed by atoms with Crippen molar-refractivity contribution in [2.45, 2.75) is 17.7 Å². The minimum Gasteiger partial charge on any atom is -0.482 e. The van der Waals surface area contributed by atoms with Crippen LogP contribution in [-0.2, 0) is 14.8 Å². The second-order valence-corrected chi connectivity index (χ2v) is 8.48. The minimum atomic E-state index is -3.84. The fraction of sp³-hybridized carbons (Fsp3) is 0.278. The number of carbonyl (C=O) groups is 1. The number of sulfonamides is 1. The van der Waals surface area contributed by atoms with Gasteiger partial charge < -0.3 is 10.1 Å². The summed E-state index contributed by atoms with van der Waals surface area (Å²) in [6.07, 6.45) is 1.51. The van der Waals surface area contributed by atoms with Crippen LogP contribution in [-0.4, -0.2) is 38.3 Å². The summed E-state index contributed by atoms with van der Waals surface area (Å²) in [6.45, 7) is 0.139. The Morgan fingerprint density at radius 3 is 2.43 bits per heavy atom. The zero-order valence-corrected chi connectivity index (χ0v) is 16.2. The number of nitrogens with zero attached hydrogens (tertiary/aromatic N) is 1. The van der Waals surface area contributed by atoms with Crippen LogP contribution in [0.1, 0.15) is 12.8 Å². The van der Waals surface area contributed by atoms with Gasteiger partial charge in [0.15, 0.2) is 6.61 Å². The first-order chi connectivity index (χ1) is 13.3. The van der Waals surface area contributed by atoms with E-state index in [2.05, 4.69) is 5.32 Å². The second kappa shape index (κ2) is 8.42. The third-order valence-corrected chi connectivity index (χ3v) is 6.33. The molecule has 0 aliphatic carbocycles. The minimum absolute atomic E-state index is 0.0690. The quantitative estimate of drug-likeness (QED) is 0.762. The van der Waals surface area contributed by atoms with Gasteiger partial charge in [0, 0.05) is 18.1 Å². The van der Waals surface area contributed by atoms with Crippen LogP contribution >= 0.6 is 11.6 Å². The van der Waals surface area contributed by atoms with Crippen molar-refractivity contribution in [1.82, 2.24) is 4.31 Å². The van der Waals surface area contributed by atoms with Crippen LogP contribution in [0.5, 0.6) is 5.75 Å². The summed E-state index contributed by atoms with van der Waals surface area (Å²) < 4.78 is 59.5. The molecule has 0 aromatic heterocycles. The third-order valence-electron chi connectivity index (χ3n) is 4.17. The van der Waals surface area contributed by atoms with Crippen LogP contribution in [0.3, 0.4) is 0 Å². The zero-order chi connectivity index (χ0) is 20.3. The molecule has 1 aliphatic rings. The largest absolute Gasteiger partial charge is 0.482 e. The first kappa shape index (κ1) is 20.5. The fourth-order valence-corrected chi connectivity index (χ4v) is 4.72. The molecule has 0 unspecified atom stereocenters. The molecule has 0 atom stereocenters. The molecule has 1 amide bonds. The molecule has 0 radical (unpaired) electrons. The summed E-state index contributed by atoms with van der Waals surface area (Å²) in [5.74, 6) is -2.78. The second-order valence-electron chi connectivity index (χ2n) is 6.14. The number of anilines is 1. The van der Waals surface area contributed by atoms with Gasteiger partial charge in [0.05, 0.1) is 0 Å². The van der Waals surface area contributed by atoms with Crippen LogP contribution in [0.15, 0.2) is 41.3 Å². The predicted octanol–water partition coefficient (Wildman–Crippen LogP) is 3.42. The lowest BCUT2D eigenvalue weighted by molar-refractivity contribution is -0.118. The van der Waals surface area contributed by atoms with E-state index < -0.39 is 39.9 Å². The number of hydrogen-bond donors (Lipinski definition) is 1. The molecular formula is C18H17ClF2N2O4S. The summed E-state index contributed by atoms with van der Waals surface area (Å²) in [7, 11) is -3.84. The Labute approximate surface area is 166 Å². The number of amides is 1. The highest BCUT2D eigenvalue weighted by atomic mass is 35.5. The van der Waals surface area contributed by atoms with Gasteiger partial charge in [-0.25, -0.2) is 17.2 Å². The number of para-hydroxylation sites is 1. The molecule has 0 bridgehead atoms. The Hall–Kier alpha value is -2.23. The maximum absolute atomic E-state index is 13.6. The van der Waals surface area contributed by atoms with E-state index in [1.807, 2.05) is 0 Å². The van der Waals surface area contributed by atoms with E-state index >= 15 is 0 Å². The van der Waals surface area contributed by atoms with Crippen molar-refractivity contribution < 1.29 is 26.7 Å². The van der Waals surface area contributed by atoms with Crippen molar-refractivity contribution in [2.75, 3.05) is 25.0 Å². The molecule has 1 N–H and O–H groups in total. The zero-order valence-electron chi connectivity index (χ0n) is 14.6. The van der Waals surface area contributed by atoms with Gasteiger partial charge in [0.2, 0.25) is 10.0 Å². The number of hydrogen-bond acceptors (Lipinski definition) is 4. The Balaban J connectivity index is 1.77. The third kappa shape index (κ3) is 4.43. The molecule has 1 saturated heterocycles. The maximum atomic E-state index is 13.6. The number of carbonyl (C=O) groups excluding carboxylic acids is 1. The molecule has 3 rings (SSSR count). The van der Waals surface area contributed by atoms with Crippen molar-refractivity contribution in [3.63, 3.8) is 0 Å². The molecule has 6 nitrogen and oxygen atoms in total. The number of ether oxygens (including phenoxy) is 1. The number of rotatable bonds is 6. The summed E-state index contributed by atoms with van der Waals surface area (Å²) in [5, 5.41) is 2.27. The highest BCUT2D eigenvalue weighted by Gasteiger charge is 2.30. The van der Waals surface area contributed by atoms with Gasteiger partial charge in [-0.05, 0) is 43.2 Å². The lowest BCUT2D eigenvalue weighted by Gasteiger charge is -2.18. The molecule has 28 heavy (non-hydrogen) atoms. The Kier molecular flexibility index (Phi) is 6.17. The van der Waals surface area contributed by atoms with E-state index in [9.17, 15) is 22.0 Å². The summed E-state index contributed by atoms with van der Waals surface area (Å²) in [6, 6.07) is 7.18. The van der Waals surface area contributed by atoms with E-state index in [0.717, 1.165) is 25.0 Å².